The Bertz CT molecular complexity index is 1090. The molecule has 2 amide bonds. The van der Waals surface area contributed by atoms with Crippen LogP contribution in [0, 0.1) is 0 Å². The number of rotatable bonds is 3. The zero-order valence-corrected chi connectivity index (χ0v) is 16.5. The van der Waals surface area contributed by atoms with Crippen molar-refractivity contribution >= 4 is 64.0 Å². The highest BCUT2D eigenvalue weighted by molar-refractivity contribution is 7.80. The zero-order valence-electron chi connectivity index (χ0n) is 14.1. The second-order valence-corrected chi connectivity index (χ2v) is 7.28. The van der Waals surface area contributed by atoms with Gasteiger partial charge in [-0.1, -0.05) is 40.4 Å². The summed E-state index contributed by atoms with van der Waals surface area (Å²) in [6.07, 6.45) is 1.53. The van der Waals surface area contributed by atoms with Crippen LogP contribution in [0.25, 0.3) is 17.3 Å². The van der Waals surface area contributed by atoms with Crippen LogP contribution in [0.3, 0.4) is 0 Å². The molecule has 6 nitrogen and oxygen atoms in total. The van der Waals surface area contributed by atoms with Gasteiger partial charge in [0.1, 0.15) is 11.3 Å². The van der Waals surface area contributed by atoms with Crippen molar-refractivity contribution in [2.24, 2.45) is 0 Å². The van der Waals surface area contributed by atoms with E-state index < -0.39 is 11.8 Å². The van der Waals surface area contributed by atoms with Crippen molar-refractivity contribution in [3.8, 4) is 11.3 Å². The number of anilines is 1. The van der Waals surface area contributed by atoms with E-state index in [0.29, 0.717) is 16.3 Å². The lowest BCUT2D eigenvalue weighted by Gasteiger charge is -2.28. The molecule has 1 saturated heterocycles. The SMILES string of the molecule is O=C1NC(=S)N(c2ccc(Cl)cc2)C(=O)C1=Cc1ccc(-c2csnn2)cc1. The minimum atomic E-state index is -0.534. The molecule has 1 aromatic heterocycles. The van der Waals surface area contributed by atoms with E-state index >= 15 is 0 Å². The van der Waals surface area contributed by atoms with Crippen LogP contribution < -0.4 is 10.2 Å². The molecule has 0 radical (unpaired) electrons. The molecule has 0 atom stereocenters. The van der Waals surface area contributed by atoms with E-state index in [2.05, 4.69) is 14.9 Å². The maximum atomic E-state index is 12.9. The third-order valence-corrected chi connectivity index (χ3v) is 5.11. The molecule has 2 heterocycles. The van der Waals surface area contributed by atoms with E-state index in [4.69, 9.17) is 23.8 Å². The molecule has 0 bridgehead atoms. The maximum absolute atomic E-state index is 12.9. The fraction of sp³-hybridized carbons (Fsp3) is 0. The van der Waals surface area contributed by atoms with Gasteiger partial charge in [-0.15, -0.1) is 5.10 Å². The number of nitrogens with one attached hydrogen (secondary N) is 1. The van der Waals surface area contributed by atoms with Crippen molar-refractivity contribution in [2.75, 3.05) is 4.90 Å². The Labute approximate surface area is 174 Å². The Morgan fingerprint density at radius 2 is 1.79 bits per heavy atom. The number of nitrogens with zero attached hydrogens (tertiary/aromatic N) is 3. The first-order valence-electron chi connectivity index (χ1n) is 8.07. The standard InChI is InChI=1S/C19H11ClN4O2S2/c20-13-5-7-14(8-6-13)24-18(26)15(17(25)21-19(24)27)9-11-1-3-12(4-2-11)16-10-28-23-22-16/h1-10H,(H,21,25,27). The molecule has 28 heavy (non-hydrogen) atoms. The minimum Gasteiger partial charge on any atom is -0.298 e. The molecule has 1 N–H and O–H groups in total. The molecule has 0 aliphatic carbocycles. The van der Waals surface area contributed by atoms with Crippen molar-refractivity contribution in [1.29, 1.82) is 0 Å². The Kier molecular flexibility index (Phi) is 4.99. The number of benzene rings is 2. The largest absolute Gasteiger partial charge is 0.298 e. The van der Waals surface area contributed by atoms with Gasteiger partial charge < -0.3 is 0 Å². The molecule has 0 unspecified atom stereocenters. The predicted octanol–water partition coefficient (Wildman–Crippen LogP) is 3.69. The summed E-state index contributed by atoms with van der Waals surface area (Å²) in [6.45, 7) is 0. The van der Waals surface area contributed by atoms with Gasteiger partial charge in [-0.05, 0) is 59.7 Å². The molecule has 1 aliphatic rings. The van der Waals surface area contributed by atoms with Gasteiger partial charge in [0.05, 0.1) is 5.69 Å². The number of halogens is 1. The van der Waals surface area contributed by atoms with Gasteiger partial charge in [0, 0.05) is 16.0 Å². The van der Waals surface area contributed by atoms with Crippen molar-refractivity contribution in [3.63, 3.8) is 0 Å². The number of amides is 2. The number of aromatic nitrogens is 2. The van der Waals surface area contributed by atoms with Gasteiger partial charge in [0.25, 0.3) is 11.8 Å². The third kappa shape index (κ3) is 3.57. The topological polar surface area (TPSA) is 75.2 Å². The summed E-state index contributed by atoms with van der Waals surface area (Å²) in [5.41, 5.74) is 2.90. The lowest BCUT2D eigenvalue weighted by atomic mass is 10.0. The van der Waals surface area contributed by atoms with Crippen LogP contribution in [0.4, 0.5) is 5.69 Å². The van der Waals surface area contributed by atoms with Gasteiger partial charge in [-0.2, -0.15) is 0 Å². The Balaban J connectivity index is 1.65. The van der Waals surface area contributed by atoms with Gasteiger partial charge in [0.15, 0.2) is 5.11 Å². The second kappa shape index (κ2) is 7.59. The first kappa shape index (κ1) is 18.4. The molecule has 9 heteroatoms. The van der Waals surface area contributed by atoms with Crippen LogP contribution in [-0.4, -0.2) is 26.5 Å². The quantitative estimate of drug-likeness (QED) is 0.392. The smallest absolute Gasteiger partial charge is 0.270 e. The Morgan fingerprint density at radius 3 is 2.43 bits per heavy atom. The highest BCUT2D eigenvalue weighted by Gasteiger charge is 2.34. The van der Waals surface area contributed by atoms with Crippen molar-refractivity contribution < 1.29 is 9.59 Å². The highest BCUT2D eigenvalue weighted by atomic mass is 35.5. The van der Waals surface area contributed by atoms with E-state index in [1.807, 2.05) is 29.6 Å². The van der Waals surface area contributed by atoms with E-state index in [1.165, 1.54) is 22.5 Å². The van der Waals surface area contributed by atoms with Crippen LogP contribution in [0.15, 0.2) is 59.5 Å². The third-order valence-electron chi connectivity index (χ3n) is 4.06. The molecule has 0 spiro atoms. The van der Waals surface area contributed by atoms with E-state index in [0.717, 1.165) is 11.3 Å². The maximum Gasteiger partial charge on any atom is 0.270 e. The molecule has 1 fully saturated rings. The van der Waals surface area contributed by atoms with E-state index in [1.54, 1.807) is 24.3 Å². The van der Waals surface area contributed by atoms with Crippen LogP contribution in [-0.2, 0) is 9.59 Å². The number of hydrogen-bond acceptors (Lipinski definition) is 6. The normalized spacial score (nSPS) is 15.8. The predicted molar refractivity (Wildman–Crippen MR) is 113 cm³/mol. The number of carbonyl (C=O) groups excluding carboxylic acids is 2. The minimum absolute atomic E-state index is 0.00775. The monoisotopic (exact) mass is 426 g/mol. The van der Waals surface area contributed by atoms with Crippen molar-refractivity contribution in [1.82, 2.24) is 14.9 Å². The molecule has 1 aliphatic heterocycles. The van der Waals surface area contributed by atoms with Crippen molar-refractivity contribution in [3.05, 3.63) is 70.1 Å². The van der Waals surface area contributed by atoms with Crippen LogP contribution in [0.5, 0.6) is 0 Å². The summed E-state index contributed by atoms with van der Waals surface area (Å²) >= 11 is 12.4. The molecule has 3 aromatic rings. The summed E-state index contributed by atoms with van der Waals surface area (Å²) in [5.74, 6) is -1.03. The summed E-state index contributed by atoms with van der Waals surface area (Å²) in [7, 11) is 0. The fourth-order valence-corrected chi connectivity index (χ4v) is 3.56. The second-order valence-electron chi connectivity index (χ2n) is 5.85. The molecular formula is C19H11ClN4O2S2. The molecule has 2 aromatic carbocycles. The highest BCUT2D eigenvalue weighted by Crippen LogP contribution is 2.24. The molecule has 4 rings (SSSR count). The van der Waals surface area contributed by atoms with Gasteiger partial charge >= 0.3 is 0 Å². The molecular weight excluding hydrogens is 416 g/mol. The first-order valence-corrected chi connectivity index (χ1v) is 9.70. The summed E-state index contributed by atoms with van der Waals surface area (Å²) in [6, 6.07) is 14.0. The fourth-order valence-electron chi connectivity index (χ4n) is 2.69. The van der Waals surface area contributed by atoms with Crippen molar-refractivity contribution in [2.45, 2.75) is 0 Å². The number of hydrogen-bond donors (Lipinski definition) is 1. The van der Waals surface area contributed by atoms with Gasteiger partial charge in [0.2, 0.25) is 0 Å². The Morgan fingerprint density at radius 1 is 1.07 bits per heavy atom. The summed E-state index contributed by atoms with van der Waals surface area (Å²) < 4.78 is 3.84. The van der Waals surface area contributed by atoms with Gasteiger partial charge in [-0.25, -0.2) is 0 Å². The average molecular weight is 427 g/mol. The van der Waals surface area contributed by atoms with Gasteiger partial charge in [-0.3, -0.25) is 19.8 Å². The number of thiocarbonyl (C=S) groups is 1. The zero-order chi connectivity index (χ0) is 19.7. The Hall–Kier alpha value is -2.94. The van der Waals surface area contributed by atoms with Crippen LogP contribution in [0.1, 0.15) is 5.56 Å². The van der Waals surface area contributed by atoms with E-state index in [9.17, 15) is 9.59 Å². The number of carbonyl (C=O) groups is 2. The summed E-state index contributed by atoms with van der Waals surface area (Å²) in [4.78, 5) is 26.6. The lowest BCUT2D eigenvalue weighted by Crippen LogP contribution is -2.54. The lowest BCUT2D eigenvalue weighted by molar-refractivity contribution is -0.122. The first-order chi connectivity index (χ1) is 13.5. The van der Waals surface area contributed by atoms with Crippen LogP contribution >= 0.6 is 35.4 Å². The summed E-state index contributed by atoms with van der Waals surface area (Å²) in [5, 5.41) is 8.98. The van der Waals surface area contributed by atoms with E-state index in [-0.39, 0.29) is 10.7 Å². The molecule has 138 valence electrons. The average Bonchev–Trinajstić information content (AvgIpc) is 3.22. The van der Waals surface area contributed by atoms with Crippen LogP contribution in [0.2, 0.25) is 5.02 Å². The molecule has 0 saturated carbocycles.